The zero-order chi connectivity index (χ0) is 14.8. The highest BCUT2D eigenvalue weighted by Gasteiger charge is 2.19. The highest BCUT2D eigenvalue weighted by molar-refractivity contribution is 5.98. The van der Waals surface area contributed by atoms with Crippen molar-refractivity contribution in [2.75, 3.05) is 6.54 Å². The molecule has 3 N–H and O–H groups in total. The molecule has 1 aromatic carbocycles. The summed E-state index contributed by atoms with van der Waals surface area (Å²) in [6.07, 6.45) is 1.71. The molecule has 0 radical (unpaired) electrons. The van der Waals surface area contributed by atoms with Gasteiger partial charge in [-0.25, -0.2) is 4.39 Å². The molecular weight excluding hydrogens is 275 g/mol. The summed E-state index contributed by atoms with van der Waals surface area (Å²) in [4.78, 5) is 2.16. The molecule has 1 aliphatic rings. The molecule has 1 aliphatic heterocycles. The number of nitrogens with two attached hydrogens (primary N) is 1. The van der Waals surface area contributed by atoms with Crippen LogP contribution in [0.25, 0.3) is 0 Å². The molecule has 0 bridgehead atoms. The Labute approximate surface area is 120 Å². The Kier molecular flexibility index (Phi) is 3.53. The second-order valence-electron chi connectivity index (χ2n) is 4.94. The van der Waals surface area contributed by atoms with Crippen molar-refractivity contribution in [1.29, 1.82) is 0 Å². The van der Waals surface area contributed by atoms with E-state index in [1.54, 1.807) is 12.4 Å². The van der Waals surface area contributed by atoms with E-state index in [4.69, 9.17) is 10.9 Å². The first kappa shape index (κ1) is 13.5. The zero-order valence-corrected chi connectivity index (χ0v) is 11.3. The van der Waals surface area contributed by atoms with Gasteiger partial charge in [-0.05, 0) is 17.7 Å². The summed E-state index contributed by atoms with van der Waals surface area (Å²) in [5, 5.41) is 19.7. The molecule has 0 fully saturated rings. The third-order valence-electron chi connectivity index (χ3n) is 3.57. The molecule has 8 heteroatoms. The Balaban J connectivity index is 1.83. The monoisotopic (exact) mass is 290 g/mol. The SMILES string of the molecule is NC(=NO)c1cc(F)ccc1CN1CCn2cnnc2C1. The van der Waals surface area contributed by atoms with Gasteiger partial charge in [0.2, 0.25) is 0 Å². The van der Waals surface area contributed by atoms with Crippen molar-refractivity contribution in [2.24, 2.45) is 10.9 Å². The summed E-state index contributed by atoms with van der Waals surface area (Å²) in [6, 6.07) is 4.30. The number of oxime groups is 1. The van der Waals surface area contributed by atoms with E-state index in [2.05, 4.69) is 20.3 Å². The summed E-state index contributed by atoms with van der Waals surface area (Å²) in [5.74, 6) is 0.386. The van der Waals surface area contributed by atoms with Crippen LogP contribution < -0.4 is 5.73 Å². The van der Waals surface area contributed by atoms with Crippen LogP contribution in [0, 0.1) is 5.82 Å². The molecule has 2 aromatic rings. The van der Waals surface area contributed by atoms with E-state index in [1.165, 1.54) is 12.1 Å². The first-order valence-corrected chi connectivity index (χ1v) is 6.52. The number of halogens is 1. The van der Waals surface area contributed by atoms with Gasteiger partial charge in [0.1, 0.15) is 18.0 Å². The zero-order valence-electron chi connectivity index (χ0n) is 11.3. The summed E-state index contributed by atoms with van der Waals surface area (Å²) in [6.45, 7) is 2.87. The number of rotatable bonds is 3. The van der Waals surface area contributed by atoms with E-state index in [1.807, 2.05) is 4.57 Å². The molecule has 0 aliphatic carbocycles. The lowest BCUT2D eigenvalue weighted by molar-refractivity contribution is 0.208. The molecule has 7 nitrogen and oxygen atoms in total. The van der Waals surface area contributed by atoms with E-state index in [0.29, 0.717) is 18.7 Å². The molecule has 21 heavy (non-hydrogen) atoms. The molecule has 0 spiro atoms. The number of hydrogen-bond acceptors (Lipinski definition) is 5. The van der Waals surface area contributed by atoms with Crippen molar-refractivity contribution < 1.29 is 9.60 Å². The van der Waals surface area contributed by atoms with Crippen LogP contribution in [0.1, 0.15) is 17.0 Å². The third kappa shape index (κ3) is 2.70. The van der Waals surface area contributed by atoms with Gasteiger partial charge in [0, 0.05) is 25.2 Å². The number of amidine groups is 1. The van der Waals surface area contributed by atoms with Gasteiger partial charge in [-0.2, -0.15) is 0 Å². The number of nitrogens with zero attached hydrogens (tertiary/aromatic N) is 5. The van der Waals surface area contributed by atoms with Crippen molar-refractivity contribution in [3.8, 4) is 0 Å². The van der Waals surface area contributed by atoms with Crippen LogP contribution in [0.4, 0.5) is 4.39 Å². The van der Waals surface area contributed by atoms with Crippen LogP contribution in [-0.2, 0) is 19.6 Å². The molecule has 2 heterocycles. The van der Waals surface area contributed by atoms with Gasteiger partial charge in [0.25, 0.3) is 0 Å². The van der Waals surface area contributed by atoms with E-state index in [-0.39, 0.29) is 5.84 Å². The average molecular weight is 290 g/mol. The predicted octanol–water partition coefficient (Wildman–Crippen LogP) is 0.527. The highest BCUT2D eigenvalue weighted by Crippen LogP contribution is 2.17. The van der Waals surface area contributed by atoms with Gasteiger partial charge >= 0.3 is 0 Å². The summed E-state index contributed by atoms with van der Waals surface area (Å²) >= 11 is 0. The summed E-state index contributed by atoms with van der Waals surface area (Å²) in [7, 11) is 0. The van der Waals surface area contributed by atoms with Crippen molar-refractivity contribution in [1.82, 2.24) is 19.7 Å². The van der Waals surface area contributed by atoms with E-state index >= 15 is 0 Å². The van der Waals surface area contributed by atoms with Gasteiger partial charge in [-0.3, -0.25) is 4.90 Å². The molecule has 1 aromatic heterocycles. The van der Waals surface area contributed by atoms with Crippen LogP contribution in [0.3, 0.4) is 0 Å². The smallest absolute Gasteiger partial charge is 0.170 e. The first-order valence-electron chi connectivity index (χ1n) is 6.52. The van der Waals surface area contributed by atoms with Gasteiger partial charge in [0.15, 0.2) is 5.84 Å². The van der Waals surface area contributed by atoms with E-state index in [0.717, 1.165) is 24.5 Å². The molecule has 3 rings (SSSR count). The standard InChI is InChI=1S/C13H15FN6O/c14-10-2-1-9(11(5-10)13(15)18-21)6-19-3-4-20-8-16-17-12(20)7-19/h1-2,5,8,21H,3-4,6-7H2,(H2,15,18). The van der Waals surface area contributed by atoms with E-state index in [9.17, 15) is 4.39 Å². The van der Waals surface area contributed by atoms with E-state index < -0.39 is 5.82 Å². The Hall–Kier alpha value is -2.48. The maximum absolute atomic E-state index is 13.4. The third-order valence-corrected chi connectivity index (χ3v) is 3.57. The Morgan fingerprint density at radius 1 is 1.43 bits per heavy atom. The lowest BCUT2D eigenvalue weighted by Crippen LogP contribution is -2.34. The van der Waals surface area contributed by atoms with Gasteiger partial charge in [0.05, 0.1) is 6.54 Å². The van der Waals surface area contributed by atoms with Crippen LogP contribution in [0.15, 0.2) is 29.7 Å². The molecule has 0 amide bonds. The second-order valence-corrected chi connectivity index (χ2v) is 4.94. The van der Waals surface area contributed by atoms with Gasteiger partial charge < -0.3 is 15.5 Å². The normalized spacial score (nSPS) is 16.0. The molecule has 110 valence electrons. The van der Waals surface area contributed by atoms with Gasteiger partial charge in [-0.15, -0.1) is 10.2 Å². The molecule has 0 saturated carbocycles. The maximum Gasteiger partial charge on any atom is 0.170 e. The largest absolute Gasteiger partial charge is 0.409 e. The Morgan fingerprint density at radius 2 is 2.29 bits per heavy atom. The quantitative estimate of drug-likeness (QED) is 0.372. The first-order chi connectivity index (χ1) is 10.2. The van der Waals surface area contributed by atoms with Crippen molar-refractivity contribution in [3.05, 3.63) is 47.3 Å². The lowest BCUT2D eigenvalue weighted by atomic mass is 10.1. The molecule has 0 atom stereocenters. The van der Waals surface area contributed by atoms with Crippen molar-refractivity contribution in [2.45, 2.75) is 19.6 Å². The number of benzene rings is 1. The number of hydrogen-bond donors (Lipinski definition) is 2. The predicted molar refractivity (Wildman–Crippen MR) is 73.0 cm³/mol. The minimum Gasteiger partial charge on any atom is -0.409 e. The number of fused-ring (bicyclic) bond motifs is 1. The summed E-state index contributed by atoms with van der Waals surface area (Å²) < 4.78 is 15.4. The fraction of sp³-hybridized carbons (Fsp3) is 0.308. The lowest BCUT2D eigenvalue weighted by Gasteiger charge is -2.27. The topological polar surface area (TPSA) is 92.6 Å². The second kappa shape index (κ2) is 5.49. The molecule has 0 unspecified atom stereocenters. The van der Waals surface area contributed by atoms with Crippen LogP contribution in [0.2, 0.25) is 0 Å². The Bertz CT molecular complexity index is 683. The average Bonchev–Trinajstić information content (AvgIpc) is 2.96. The van der Waals surface area contributed by atoms with Crippen molar-refractivity contribution in [3.63, 3.8) is 0 Å². The minimum absolute atomic E-state index is 0.0929. The Morgan fingerprint density at radius 3 is 3.10 bits per heavy atom. The fourth-order valence-corrected chi connectivity index (χ4v) is 2.47. The minimum atomic E-state index is -0.418. The van der Waals surface area contributed by atoms with Crippen molar-refractivity contribution >= 4 is 5.84 Å². The van der Waals surface area contributed by atoms with Crippen LogP contribution >= 0.6 is 0 Å². The van der Waals surface area contributed by atoms with Crippen LogP contribution in [-0.4, -0.2) is 37.3 Å². The molecule has 0 saturated heterocycles. The fourth-order valence-electron chi connectivity index (χ4n) is 2.47. The maximum atomic E-state index is 13.4. The highest BCUT2D eigenvalue weighted by atomic mass is 19.1. The van der Waals surface area contributed by atoms with Gasteiger partial charge in [-0.1, -0.05) is 11.2 Å². The van der Waals surface area contributed by atoms with Crippen LogP contribution in [0.5, 0.6) is 0 Å². The molecular formula is C13H15FN6O. The summed E-state index contributed by atoms with van der Waals surface area (Å²) in [5.41, 5.74) is 6.83. The number of aromatic nitrogens is 3.